The number of hydrogen-bond donors (Lipinski definition) is 2. The summed E-state index contributed by atoms with van der Waals surface area (Å²) in [5, 5.41) is 0. The Bertz CT molecular complexity index is 274. The molecule has 0 fully saturated rings. The second kappa shape index (κ2) is 4.03. The number of ether oxygens (including phenoxy) is 1. The van der Waals surface area contributed by atoms with Gasteiger partial charge in [-0.3, -0.25) is 0 Å². The second-order valence-corrected chi connectivity index (χ2v) is 2.75. The summed E-state index contributed by atoms with van der Waals surface area (Å²) in [5.74, 6) is 5.08. The first kappa shape index (κ1) is 8.95. The fraction of sp³-hybridized carbons (Fsp3) is 0.333. The van der Waals surface area contributed by atoms with Crippen LogP contribution in [-0.4, -0.2) is 17.6 Å². The molecule has 0 aliphatic heterocycles. The fourth-order valence-electron chi connectivity index (χ4n) is 0.690. The van der Waals surface area contributed by atoms with Crippen molar-refractivity contribution in [2.75, 3.05) is 12.0 Å². The summed E-state index contributed by atoms with van der Waals surface area (Å²) in [7, 11) is 0. The van der Waals surface area contributed by atoms with Gasteiger partial charge < -0.3 is 10.2 Å². The van der Waals surface area contributed by atoms with E-state index in [2.05, 4.69) is 10.4 Å². The van der Waals surface area contributed by atoms with E-state index in [0.29, 0.717) is 17.3 Å². The lowest BCUT2D eigenvalue weighted by Gasteiger charge is -2.00. The summed E-state index contributed by atoms with van der Waals surface area (Å²) in [6.45, 7) is 2.09. The number of carbonyl (C=O) groups is 1. The van der Waals surface area contributed by atoms with Crippen molar-refractivity contribution in [1.82, 2.24) is 4.98 Å². The van der Waals surface area contributed by atoms with Gasteiger partial charge in [-0.2, -0.15) is 0 Å². The van der Waals surface area contributed by atoms with E-state index in [1.165, 1.54) is 16.8 Å². The number of nitrogen functional groups attached to an aromatic ring is 1. The molecule has 0 spiro atoms. The quantitative estimate of drug-likeness (QED) is 0.412. The van der Waals surface area contributed by atoms with Crippen LogP contribution in [0.1, 0.15) is 16.6 Å². The zero-order valence-corrected chi connectivity index (χ0v) is 7.35. The van der Waals surface area contributed by atoms with E-state index in [0.717, 1.165) is 0 Å². The topological polar surface area (TPSA) is 77.2 Å². The molecule has 0 aromatic carbocycles. The molecule has 1 rings (SSSR count). The number of nitrogens with zero attached hydrogens (tertiary/aromatic N) is 1. The van der Waals surface area contributed by atoms with Crippen LogP contribution in [0.25, 0.3) is 0 Å². The highest BCUT2D eigenvalue weighted by Gasteiger charge is 2.14. The summed E-state index contributed by atoms with van der Waals surface area (Å²) in [5.41, 5.74) is 3.84. The van der Waals surface area contributed by atoms with E-state index in [1.54, 1.807) is 6.92 Å². The van der Waals surface area contributed by atoms with Crippen molar-refractivity contribution < 1.29 is 9.53 Å². The molecule has 0 aliphatic rings. The van der Waals surface area contributed by atoms with Gasteiger partial charge in [-0.15, -0.1) is 11.3 Å². The highest BCUT2D eigenvalue weighted by molar-refractivity contribution is 7.12. The molecule has 1 heterocycles. The third kappa shape index (κ3) is 1.72. The lowest BCUT2D eigenvalue weighted by molar-refractivity contribution is 0.0533. The number of aromatic nitrogens is 1. The Hall–Kier alpha value is -1.14. The first-order valence-corrected chi connectivity index (χ1v) is 4.24. The van der Waals surface area contributed by atoms with Crippen LogP contribution < -0.4 is 11.3 Å². The fourth-order valence-corrected chi connectivity index (χ4v) is 1.33. The lowest BCUT2D eigenvalue weighted by Crippen LogP contribution is -2.12. The monoisotopic (exact) mass is 187 g/mol. The summed E-state index contributed by atoms with van der Waals surface area (Å²) in [6, 6.07) is 0. The summed E-state index contributed by atoms with van der Waals surface area (Å²) >= 11 is 1.19. The molecule has 66 valence electrons. The Morgan fingerprint density at radius 1 is 1.92 bits per heavy atom. The highest BCUT2D eigenvalue weighted by Crippen LogP contribution is 2.18. The maximum atomic E-state index is 11.1. The number of carbonyl (C=O) groups excluding carboxylic acids is 1. The smallest absolute Gasteiger partial charge is 0.352 e. The number of nitrogens with two attached hydrogens (primary N) is 1. The van der Waals surface area contributed by atoms with Gasteiger partial charge in [0.25, 0.3) is 0 Å². The van der Waals surface area contributed by atoms with Crippen molar-refractivity contribution in [3.8, 4) is 0 Å². The van der Waals surface area contributed by atoms with Gasteiger partial charge in [0, 0.05) is 0 Å². The van der Waals surface area contributed by atoms with Crippen LogP contribution >= 0.6 is 11.3 Å². The van der Waals surface area contributed by atoms with E-state index >= 15 is 0 Å². The minimum atomic E-state index is -0.395. The number of esters is 1. The summed E-state index contributed by atoms with van der Waals surface area (Å²) < 4.78 is 4.76. The largest absolute Gasteiger partial charge is 0.462 e. The Morgan fingerprint density at radius 2 is 2.67 bits per heavy atom. The molecule has 0 atom stereocenters. The van der Waals surface area contributed by atoms with Crippen molar-refractivity contribution in [2.24, 2.45) is 5.84 Å². The van der Waals surface area contributed by atoms with E-state index in [9.17, 15) is 4.79 Å². The number of hydrogen-bond acceptors (Lipinski definition) is 6. The van der Waals surface area contributed by atoms with Crippen molar-refractivity contribution >= 4 is 23.1 Å². The summed E-state index contributed by atoms with van der Waals surface area (Å²) in [4.78, 5) is 15.4. The SMILES string of the molecule is CCOC(=O)c1scnc1NN. The van der Waals surface area contributed by atoms with E-state index in [4.69, 9.17) is 10.6 Å². The molecule has 6 heteroatoms. The Labute approximate surface area is 73.5 Å². The first-order chi connectivity index (χ1) is 5.79. The molecule has 0 aliphatic carbocycles. The third-order valence-electron chi connectivity index (χ3n) is 1.16. The van der Waals surface area contributed by atoms with Crippen LogP contribution in [0.3, 0.4) is 0 Å². The van der Waals surface area contributed by atoms with Gasteiger partial charge in [0.05, 0.1) is 12.1 Å². The molecule has 0 saturated carbocycles. The van der Waals surface area contributed by atoms with Gasteiger partial charge in [0.15, 0.2) is 10.7 Å². The summed E-state index contributed by atoms with van der Waals surface area (Å²) in [6.07, 6.45) is 0. The molecular weight excluding hydrogens is 178 g/mol. The third-order valence-corrected chi connectivity index (χ3v) is 1.97. The zero-order valence-electron chi connectivity index (χ0n) is 6.53. The molecule has 1 aromatic heterocycles. The van der Waals surface area contributed by atoms with E-state index in [-0.39, 0.29) is 0 Å². The zero-order chi connectivity index (χ0) is 8.97. The molecule has 0 amide bonds. The van der Waals surface area contributed by atoms with Crippen LogP contribution in [0, 0.1) is 0 Å². The van der Waals surface area contributed by atoms with Crippen LogP contribution in [0.5, 0.6) is 0 Å². The van der Waals surface area contributed by atoms with Gasteiger partial charge >= 0.3 is 5.97 Å². The van der Waals surface area contributed by atoms with E-state index < -0.39 is 5.97 Å². The van der Waals surface area contributed by atoms with Crippen molar-refractivity contribution in [1.29, 1.82) is 0 Å². The van der Waals surface area contributed by atoms with Crippen LogP contribution in [0.2, 0.25) is 0 Å². The Kier molecular flexibility index (Phi) is 3.01. The maximum Gasteiger partial charge on any atom is 0.352 e. The first-order valence-electron chi connectivity index (χ1n) is 3.36. The predicted molar refractivity (Wildman–Crippen MR) is 45.9 cm³/mol. The number of rotatable bonds is 3. The molecule has 5 nitrogen and oxygen atoms in total. The van der Waals surface area contributed by atoms with Crippen molar-refractivity contribution in [3.63, 3.8) is 0 Å². The molecule has 0 bridgehead atoms. The maximum absolute atomic E-state index is 11.1. The Balaban J connectivity index is 2.79. The van der Waals surface area contributed by atoms with Crippen LogP contribution in [-0.2, 0) is 4.74 Å². The standard InChI is InChI=1S/C6H9N3O2S/c1-2-11-6(10)4-5(9-7)8-3-12-4/h3,9H,2,7H2,1H3. The normalized spacial score (nSPS) is 9.50. The van der Waals surface area contributed by atoms with Gasteiger partial charge in [-0.25, -0.2) is 15.6 Å². The van der Waals surface area contributed by atoms with Gasteiger partial charge in [-0.05, 0) is 6.92 Å². The molecule has 0 unspecified atom stereocenters. The second-order valence-electron chi connectivity index (χ2n) is 1.89. The average Bonchev–Trinajstić information content (AvgIpc) is 2.51. The number of hydrazine groups is 1. The number of nitrogens with one attached hydrogen (secondary N) is 1. The average molecular weight is 187 g/mol. The van der Waals surface area contributed by atoms with Gasteiger partial charge in [0.2, 0.25) is 0 Å². The molecule has 0 radical (unpaired) electrons. The van der Waals surface area contributed by atoms with Crippen molar-refractivity contribution in [2.45, 2.75) is 6.92 Å². The molecule has 1 aromatic rings. The van der Waals surface area contributed by atoms with Crippen LogP contribution in [0.4, 0.5) is 5.82 Å². The number of thiazole rings is 1. The minimum Gasteiger partial charge on any atom is -0.462 e. The van der Waals surface area contributed by atoms with Gasteiger partial charge in [0.1, 0.15) is 0 Å². The molecular formula is C6H9N3O2S. The highest BCUT2D eigenvalue weighted by atomic mass is 32.1. The van der Waals surface area contributed by atoms with Gasteiger partial charge in [-0.1, -0.05) is 0 Å². The van der Waals surface area contributed by atoms with E-state index in [1.807, 2.05) is 0 Å². The molecule has 0 saturated heterocycles. The molecule has 3 N–H and O–H groups in total. The lowest BCUT2D eigenvalue weighted by atomic mass is 10.5. The van der Waals surface area contributed by atoms with Crippen molar-refractivity contribution in [3.05, 3.63) is 10.4 Å². The Morgan fingerprint density at radius 3 is 3.25 bits per heavy atom. The molecule has 12 heavy (non-hydrogen) atoms. The minimum absolute atomic E-state index is 0.348. The van der Waals surface area contributed by atoms with Crippen LogP contribution in [0.15, 0.2) is 5.51 Å². The predicted octanol–water partition coefficient (Wildman–Crippen LogP) is 0.605. The number of anilines is 1.